The van der Waals surface area contributed by atoms with Gasteiger partial charge in [-0.2, -0.15) is 0 Å². The molecule has 0 aromatic rings. The van der Waals surface area contributed by atoms with Gasteiger partial charge in [0.1, 0.15) is 0 Å². The fourth-order valence-corrected chi connectivity index (χ4v) is 5.81. The van der Waals surface area contributed by atoms with Crippen LogP contribution < -0.4 is 0 Å². The zero-order valence-electron chi connectivity index (χ0n) is 16.5. The monoisotopic (exact) mass is 372 g/mol. The predicted octanol–water partition coefficient (Wildman–Crippen LogP) is 3.11. The lowest BCUT2D eigenvalue weighted by atomic mass is 9.77. The third kappa shape index (κ3) is 5.43. The van der Waals surface area contributed by atoms with Gasteiger partial charge in [0.15, 0.2) is 0 Å². The summed E-state index contributed by atoms with van der Waals surface area (Å²) < 4.78 is 26.2. The summed E-state index contributed by atoms with van der Waals surface area (Å²) in [6.07, 6.45) is 5.51. The first-order valence-electron chi connectivity index (χ1n) is 9.91. The van der Waals surface area contributed by atoms with Gasteiger partial charge < -0.3 is 4.90 Å². The van der Waals surface area contributed by atoms with Gasteiger partial charge in [-0.3, -0.25) is 4.79 Å². The molecule has 2 saturated heterocycles. The Morgan fingerprint density at radius 2 is 1.72 bits per heavy atom. The molecule has 0 radical (unpaired) electrons. The normalized spacial score (nSPS) is 27.1. The van der Waals surface area contributed by atoms with Crippen LogP contribution in [-0.2, 0) is 14.8 Å². The number of piperidine rings is 1. The molecule has 2 aliphatic heterocycles. The van der Waals surface area contributed by atoms with E-state index in [4.69, 9.17) is 0 Å². The summed E-state index contributed by atoms with van der Waals surface area (Å²) in [5.41, 5.74) is 0.287. The van der Waals surface area contributed by atoms with E-state index >= 15 is 0 Å². The number of sulfonamides is 1. The maximum Gasteiger partial charge on any atom is 0.227 e. The molecular weight excluding hydrogens is 336 g/mol. The summed E-state index contributed by atoms with van der Waals surface area (Å²) in [4.78, 5) is 15.0. The van der Waals surface area contributed by atoms with Crippen molar-refractivity contribution < 1.29 is 13.2 Å². The molecule has 1 amide bonds. The Kier molecular flexibility index (Phi) is 6.94. The van der Waals surface area contributed by atoms with Crippen LogP contribution in [0.1, 0.15) is 66.2 Å². The summed E-state index contributed by atoms with van der Waals surface area (Å²) in [6.45, 7) is 11.3. The summed E-state index contributed by atoms with van der Waals surface area (Å²) in [7, 11) is -3.20. The van der Waals surface area contributed by atoms with Gasteiger partial charge in [-0.15, -0.1) is 0 Å². The molecule has 0 bridgehead atoms. The molecule has 25 heavy (non-hydrogen) atoms. The van der Waals surface area contributed by atoms with Crippen molar-refractivity contribution in [3.05, 3.63) is 0 Å². The molecule has 2 atom stereocenters. The molecule has 0 aliphatic carbocycles. The average Bonchev–Trinajstić information content (AvgIpc) is 2.80. The number of carbonyl (C=O) groups excluding carboxylic acids is 1. The molecule has 0 N–H and O–H groups in total. The van der Waals surface area contributed by atoms with Gasteiger partial charge >= 0.3 is 0 Å². The van der Waals surface area contributed by atoms with Crippen molar-refractivity contribution in [3.8, 4) is 0 Å². The van der Waals surface area contributed by atoms with Crippen molar-refractivity contribution in [3.63, 3.8) is 0 Å². The lowest BCUT2D eigenvalue weighted by molar-refractivity contribution is -0.136. The van der Waals surface area contributed by atoms with Crippen LogP contribution >= 0.6 is 0 Å². The maximum atomic E-state index is 13.0. The van der Waals surface area contributed by atoms with Crippen molar-refractivity contribution in [2.45, 2.75) is 66.2 Å². The summed E-state index contributed by atoms with van der Waals surface area (Å²) >= 11 is 0. The minimum absolute atomic E-state index is 0.161. The lowest BCUT2D eigenvalue weighted by Crippen LogP contribution is -2.47. The highest BCUT2D eigenvalue weighted by Gasteiger charge is 2.35. The van der Waals surface area contributed by atoms with Crippen LogP contribution in [0.15, 0.2) is 0 Å². The van der Waals surface area contributed by atoms with Crippen LogP contribution in [-0.4, -0.2) is 55.5 Å². The van der Waals surface area contributed by atoms with Gasteiger partial charge in [0, 0.05) is 26.2 Å². The molecule has 146 valence electrons. The zero-order valence-corrected chi connectivity index (χ0v) is 17.3. The van der Waals surface area contributed by atoms with Crippen molar-refractivity contribution in [2.24, 2.45) is 17.3 Å². The third-order valence-corrected chi connectivity index (χ3v) is 7.90. The van der Waals surface area contributed by atoms with Gasteiger partial charge in [-0.1, -0.05) is 27.7 Å². The predicted molar refractivity (Wildman–Crippen MR) is 102 cm³/mol. The molecule has 6 heteroatoms. The first-order valence-corrected chi connectivity index (χ1v) is 11.5. The van der Waals surface area contributed by atoms with E-state index in [0.717, 1.165) is 38.8 Å². The lowest BCUT2D eigenvalue weighted by Gasteiger charge is -2.34. The second-order valence-corrected chi connectivity index (χ2v) is 10.9. The minimum atomic E-state index is -3.20. The van der Waals surface area contributed by atoms with Gasteiger partial charge in [0.25, 0.3) is 0 Å². The van der Waals surface area contributed by atoms with Gasteiger partial charge in [0.2, 0.25) is 15.9 Å². The number of nitrogens with zero attached hydrogens (tertiary/aromatic N) is 2. The topological polar surface area (TPSA) is 57.7 Å². The highest BCUT2D eigenvalue weighted by atomic mass is 32.2. The van der Waals surface area contributed by atoms with Crippen LogP contribution in [0.25, 0.3) is 0 Å². The molecule has 0 aromatic carbocycles. The Bertz CT molecular complexity index is 554. The fraction of sp³-hybridized carbons (Fsp3) is 0.947. The van der Waals surface area contributed by atoms with Crippen molar-refractivity contribution in [2.75, 3.05) is 31.9 Å². The average molecular weight is 373 g/mol. The molecule has 2 heterocycles. The summed E-state index contributed by atoms with van der Waals surface area (Å²) in [5.74, 6) is 0.848. The zero-order chi connectivity index (χ0) is 18.7. The van der Waals surface area contributed by atoms with Crippen molar-refractivity contribution in [1.82, 2.24) is 9.21 Å². The second kappa shape index (κ2) is 8.38. The third-order valence-electron chi connectivity index (χ3n) is 5.85. The number of rotatable bonds is 4. The Morgan fingerprint density at radius 1 is 1.04 bits per heavy atom. The largest absolute Gasteiger partial charge is 0.342 e. The summed E-state index contributed by atoms with van der Waals surface area (Å²) in [5, 5.41) is 0. The molecule has 2 fully saturated rings. The van der Waals surface area contributed by atoms with E-state index in [0.29, 0.717) is 25.4 Å². The standard InChI is InChI=1S/C19H36N2O3S/c1-5-14-25(23,24)21-12-6-8-16(15-21)18(22)20-11-7-9-17(10-13-20)19(2,3)4/h16-17H,5-15H2,1-4H3. The van der Waals surface area contributed by atoms with E-state index in [1.165, 1.54) is 6.42 Å². The SMILES string of the molecule is CCCS(=O)(=O)N1CCCC(C(=O)N2CCCC(C(C)(C)C)CC2)C1. The first-order chi connectivity index (χ1) is 11.6. The van der Waals surface area contributed by atoms with Gasteiger partial charge in [-0.05, 0) is 49.9 Å². The molecule has 2 rings (SSSR count). The minimum Gasteiger partial charge on any atom is -0.342 e. The Balaban J connectivity index is 1.98. The van der Waals surface area contributed by atoms with Crippen LogP contribution in [0.2, 0.25) is 0 Å². The first kappa shape index (κ1) is 20.7. The number of carbonyl (C=O) groups is 1. The smallest absolute Gasteiger partial charge is 0.227 e. The van der Waals surface area contributed by atoms with Crippen molar-refractivity contribution in [1.29, 1.82) is 0 Å². The Hall–Kier alpha value is -0.620. The van der Waals surface area contributed by atoms with E-state index in [1.807, 2.05) is 11.8 Å². The Labute approximate surface area is 154 Å². The highest BCUT2D eigenvalue weighted by molar-refractivity contribution is 7.89. The van der Waals surface area contributed by atoms with Gasteiger partial charge in [-0.25, -0.2) is 12.7 Å². The van der Waals surface area contributed by atoms with Crippen LogP contribution in [0.3, 0.4) is 0 Å². The Morgan fingerprint density at radius 3 is 2.36 bits per heavy atom. The molecule has 2 aliphatic rings. The maximum absolute atomic E-state index is 13.0. The summed E-state index contributed by atoms with van der Waals surface area (Å²) in [6, 6.07) is 0. The molecule has 0 aromatic heterocycles. The second-order valence-electron chi connectivity index (χ2n) is 8.83. The van der Waals surface area contributed by atoms with Crippen LogP contribution in [0.5, 0.6) is 0 Å². The van der Waals surface area contributed by atoms with E-state index in [-0.39, 0.29) is 23.0 Å². The fourth-order valence-electron chi connectivity index (χ4n) is 4.22. The van der Waals surface area contributed by atoms with Crippen LogP contribution in [0.4, 0.5) is 0 Å². The number of hydrogen-bond donors (Lipinski definition) is 0. The van der Waals surface area contributed by atoms with E-state index in [9.17, 15) is 13.2 Å². The molecule has 0 saturated carbocycles. The van der Waals surface area contributed by atoms with E-state index in [2.05, 4.69) is 20.8 Å². The van der Waals surface area contributed by atoms with Crippen molar-refractivity contribution >= 4 is 15.9 Å². The number of hydrogen-bond acceptors (Lipinski definition) is 3. The van der Waals surface area contributed by atoms with E-state index in [1.54, 1.807) is 4.31 Å². The molecule has 5 nitrogen and oxygen atoms in total. The molecular formula is C19H36N2O3S. The van der Waals surface area contributed by atoms with Gasteiger partial charge in [0.05, 0.1) is 11.7 Å². The molecule has 0 spiro atoms. The molecule has 2 unspecified atom stereocenters. The number of likely N-dealkylation sites (tertiary alicyclic amines) is 1. The quantitative estimate of drug-likeness (QED) is 0.762. The highest BCUT2D eigenvalue weighted by Crippen LogP contribution is 2.34. The van der Waals surface area contributed by atoms with E-state index < -0.39 is 10.0 Å². The number of amides is 1. The van der Waals surface area contributed by atoms with Crippen LogP contribution in [0, 0.1) is 17.3 Å².